The quantitative estimate of drug-likeness (QED) is 0.941. The molecule has 4 rings (SSSR count). The Morgan fingerprint density at radius 3 is 3.00 bits per heavy atom. The molecule has 3 heterocycles. The molecule has 110 valence electrons. The van der Waals surface area contributed by atoms with Gasteiger partial charge in [0, 0.05) is 36.4 Å². The number of rotatable bonds is 3. The molecule has 1 aliphatic carbocycles. The van der Waals surface area contributed by atoms with E-state index in [0.29, 0.717) is 18.1 Å². The molecule has 0 bridgehead atoms. The molecule has 3 unspecified atom stereocenters. The van der Waals surface area contributed by atoms with E-state index in [1.807, 2.05) is 23.0 Å². The first-order valence-corrected chi connectivity index (χ1v) is 7.49. The van der Waals surface area contributed by atoms with E-state index in [9.17, 15) is 0 Å². The number of pyridine rings is 1. The monoisotopic (exact) mass is 284 g/mol. The van der Waals surface area contributed by atoms with Gasteiger partial charge in [0.2, 0.25) is 0 Å². The van der Waals surface area contributed by atoms with Crippen molar-refractivity contribution in [3.63, 3.8) is 0 Å². The minimum Gasteiger partial charge on any atom is -0.380 e. The van der Waals surface area contributed by atoms with Gasteiger partial charge in [0.25, 0.3) is 0 Å². The second-order valence-electron chi connectivity index (χ2n) is 6.56. The van der Waals surface area contributed by atoms with Crippen LogP contribution in [0.3, 0.4) is 0 Å². The molecule has 0 aromatic carbocycles. The first-order chi connectivity index (χ1) is 10.2. The van der Waals surface area contributed by atoms with Crippen LogP contribution in [0.4, 0.5) is 5.69 Å². The van der Waals surface area contributed by atoms with Crippen molar-refractivity contribution in [1.82, 2.24) is 14.5 Å². The summed E-state index contributed by atoms with van der Waals surface area (Å²) in [6.07, 6.45) is 8.87. The highest BCUT2D eigenvalue weighted by molar-refractivity contribution is 5.46. The number of nitrogens with zero attached hydrogens (tertiary/aromatic N) is 3. The third kappa shape index (κ3) is 1.95. The summed E-state index contributed by atoms with van der Waals surface area (Å²) >= 11 is 0. The summed E-state index contributed by atoms with van der Waals surface area (Å²) in [6, 6.07) is 4.56. The molecular weight excluding hydrogens is 264 g/mol. The van der Waals surface area contributed by atoms with Crippen LogP contribution in [-0.2, 0) is 4.74 Å². The fraction of sp³-hybridized carbons (Fsp3) is 0.500. The zero-order chi connectivity index (χ0) is 14.4. The number of hydrogen-bond donors (Lipinski definition) is 1. The summed E-state index contributed by atoms with van der Waals surface area (Å²) in [5, 5.41) is 3.65. The zero-order valence-electron chi connectivity index (χ0n) is 12.4. The minimum absolute atomic E-state index is 0.185. The van der Waals surface area contributed by atoms with Gasteiger partial charge >= 0.3 is 0 Å². The number of fused-ring (bicyclic) bond motifs is 1. The smallest absolute Gasteiger partial charge is 0.137 e. The third-order valence-corrected chi connectivity index (χ3v) is 4.94. The van der Waals surface area contributed by atoms with E-state index < -0.39 is 0 Å². The molecule has 1 aliphatic heterocycles. The topological polar surface area (TPSA) is 52.0 Å². The summed E-state index contributed by atoms with van der Waals surface area (Å²) in [7, 11) is 0. The Kier molecular flexibility index (Phi) is 2.79. The molecular formula is C16H20N4O. The van der Waals surface area contributed by atoms with Crippen LogP contribution in [-0.4, -0.2) is 33.3 Å². The molecule has 1 saturated heterocycles. The number of nitrogens with one attached hydrogen (secondary N) is 1. The minimum atomic E-state index is 0.185. The average molecular weight is 284 g/mol. The van der Waals surface area contributed by atoms with Crippen molar-refractivity contribution in [2.24, 2.45) is 11.3 Å². The van der Waals surface area contributed by atoms with Crippen LogP contribution >= 0.6 is 0 Å². The van der Waals surface area contributed by atoms with Gasteiger partial charge in [-0.1, -0.05) is 13.8 Å². The van der Waals surface area contributed by atoms with E-state index in [1.54, 1.807) is 12.5 Å². The van der Waals surface area contributed by atoms with Crippen molar-refractivity contribution in [3.8, 4) is 5.82 Å². The molecule has 1 N–H and O–H groups in total. The molecule has 0 spiro atoms. The fourth-order valence-electron chi connectivity index (χ4n) is 3.82. The molecule has 0 radical (unpaired) electrons. The van der Waals surface area contributed by atoms with Crippen molar-refractivity contribution in [2.45, 2.75) is 32.4 Å². The SMILES string of the molecule is CC1(C)C(Nc2ccc(-n3ccnc3)nc2)C2CCOC21. The Hall–Kier alpha value is -1.88. The molecule has 2 aromatic rings. The molecule has 5 heteroatoms. The predicted octanol–water partition coefficient (Wildman–Crippen LogP) is 2.49. The van der Waals surface area contributed by atoms with Crippen molar-refractivity contribution in [1.29, 1.82) is 0 Å². The molecule has 1 saturated carbocycles. The summed E-state index contributed by atoms with van der Waals surface area (Å²) in [5.74, 6) is 1.52. The fourth-order valence-corrected chi connectivity index (χ4v) is 3.82. The Balaban J connectivity index is 1.50. The van der Waals surface area contributed by atoms with E-state index in [2.05, 4.69) is 35.2 Å². The second kappa shape index (κ2) is 4.56. The van der Waals surface area contributed by atoms with E-state index in [-0.39, 0.29) is 5.41 Å². The van der Waals surface area contributed by atoms with E-state index in [4.69, 9.17) is 4.74 Å². The lowest BCUT2D eigenvalue weighted by Crippen LogP contribution is -2.63. The maximum absolute atomic E-state index is 5.84. The second-order valence-corrected chi connectivity index (χ2v) is 6.56. The van der Waals surface area contributed by atoms with Gasteiger partial charge in [-0.2, -0.15) is 0 Å². The van der Waals surface area contributed by atoms with Crippen molar-refractivity contribution >= 4 is 5.69 Å². The van der Waals surface area contributed by atoms with Crippen LogP contribution < -0.4 is 5.32 Å². The number of ether oxygens (including phenoxy) is 1. The maximum atomic E-state index is 5.84. The average Bonchev–Trinajstić information content (AvgIpc) is 3.16. The van der Waals surface area contributed by atoms with Crippen molar-refractivity contribution in [3.05, 3.63) is 37.1 Å². The molecule has 21 heavy (non-hydrogen) atoms. The molecule has 2 aromatic heterocycles. The van der Waals surface area contributed by atoms with Gasteiger partial charge in [0.05, 0.1) is 18.0 Å². The van der Waals surface area contributed by atoms with Gasteiger partial charge in [0.15, 0.2) is 0 Å². The van der Waals surface area contributed by atoms with Crippen molar-refractivity contribution < 1.29 is 4.74 Å². The Labute approximate surface area is 124 Å². The normalized spacial score (nSPS) is 29.7. The summed E-state index contributed by atoms with van der Waals surface area (Å²) in [6.45, 7) is 5.46. The first kappa shape index (κ1) is 12.8. The highest BCUT2D eigenvalue weighted by atomic mass is 16.5. The number of aromatic nitrogens is 3. The molecule has 2 aliphatic rings. The Morgan fingerprint density at radius 2 is 2.29 bits per heavy atom. The van der Waals surface area contributed by atoms with Crippen LogP contribution in [0.1, 0.15) is 20.3 Å². The molecule has 2 fully saturated rings. The highest BCUT2D eigenvalue weighted by Crippen LogP contribution is 2.53. The first-order valence-electron chi connectivity index (χ1n) is 7.49. The largest absolute Gasteiger partial charge is 0.380 e. The van der Waals surface area contributed by atoms with Crippen LogP contribution in [0.2, 0.25) is 0 Å². The third-order valence-electron chi connectivity index (χ3n) is 4.94. The van der Waals surface area contributed by atoms with Crippen LogP contribution in [0.5, 0.6) is 0 Å². The Bertz CT molecular complexity index is 620. The van der Waals surface area contributed by atoms with Crippen LogP contribution in [0.15, 0.2) is 37.1 Å². The summed E-state index contributed by atoms with van der Waals surface area (Å²) < 4.78 is 7.74. The Morgan fingerprint density at radius 1 is 1.38 bits per heavy atom. The van der Waals surface area contributed by atoms with E-state index in [1.165, 1.54) is 0 Å². The van der Waals surface area contributed by atoms with Crippen LogP contribution in [0.25, 0.3) is 5.82 Å². The number of imidazole rings is 1. The highest BCUT2D eigenvalue weighted by Gasteiger charge is 2.59. The molecule has 5 nitrogen and oxygen atoms in total. The van der Waals surface area contributed by atoms with E-state index >= 15 is 0 Å². The van der Waals surface area contributed by atoms with Crippen LogP contribution in [0, 0.1) is 11.3 Å². The van der Waals surface area contributed by atoms with Gasteiger partial charge < -0.3 is 10.1 Å². The lowest BCUT2D eigenvalue weighted by molar-refractivity contribution is -0.0923. The predicted molar refractivity (Wildman–Crippen MR) is 80.4 cm³/mol. The lowest BCUT2D eigenvalue weighted by Gasteiger charge is -2.55. The van der Waals surface area contributed by atoms with Gasteiger partial charge in [0.1, 0.15) is 12.1 Å². The number of hydrogen-bond acceptors (Lipinski definition) is 4. The lowest BCUT2D eigenvalue weighted by atomic mass is 9.57. The van der Waals surface area contributed by atoms with Gasteiger partial charge in [-0.15, -0.1) is 0 Å². The van der Waals surface area contributed by atoms with Gasteiger partial charge in [-0.25, -0.2) is 9.97 Å². The summed E-state index contributed by atoms with van der Waals surface area (Å²) in [4.78, 5) is 8.54. The maximum Gasteiger partial charge on any atom is 0.137 e. The van der Waals surface area contributed by atoms with Crippen molar-refractivity contribution in [2.75, 3.05) is 11.9 Å². The zero-order valence-corrected chi connectivity index (χ0v) is 12.4. The number of anilines is 1. The standard InChI is InChI=1S/C16H20N4O/c1-16(2)14(12-5-8-21-15(12)16)19-11-3-4-13(18-9-11)20-7-6-17-10-20/h3-4,6-7,9-10,12,14-15,19H,5,8H2,1-2H3. The van der Waals surface area contributed by atoms with E-state index in [0.717, 1.165) is 24.5 Å². The molecule has 0 amide bonds. The summed E-state index contributed by atoms with van der Waals surface area (Å²) in [5.41, 5.74) is 1.26. The van der Waals surface area contributed by atoms with Gasteiger partial charge in [-0.05, 0) is 18.6 Å². The molecule has 3 atom stereocenters. The van der Waals surface area contributed by atoms with Gasteiger partial charge in [-0.3, -0.25) is 4.57 Å².